The monoisotopic (exact) mass is 556 g/mol. The van der Waals surface area contributed by atoms with E-state index in [0.29, 0.717) is 43.4 Å². The molecule has 0 atom stereocenters. The molecule has 5 heterocycles. The van der Waals surface area contributed by atoms with Gasteiger partial charge in [0.1, 0.15) is 28.7 Å². The number of carbonyl (C=O) groups is 1. The number of aromatic nitrogens is 4. The van der Waals surface area contributed by atoms with Gasteiger partial charge in [0.15, 0.2) is 0 Å². The van der Waals surface area contributed by atoms with Crippen molar-refractivity contribution in [1.29, 1.82) is 0 Å². The Morgan fingerprint density at radius 1 is 1.14 bits per heavy atom. The molecule has 1 aromatic heterocycles. The highest BCUT2D eigenvalue weighted by Crippen LogP contribution is 2.33. The summed E-state index contributed by atoms with van der Waals surface area (Å²) in [5.74, 6) is 2.97. The van der Waals surface area contributed by atoms with Gasteiger partial charge >= 0.3 is 6.09 Å². The van der Waals surface area contributed by atoms with Gasteiger partial charge in [0.2, 0.25) is 5.88 Å². The van der Waals surface area contributed by atoms with E-state index in [0.717, 1.165) is 40.6 Å². The molecule has 4 aliphatic heterocycles. The van der Waals surface area contributed by atoms with Crippen LogP contribution in [0.5, 0.6) is 5.88 Å². The van der Waals surface area contributed by atoms with Crippen molar-refractivity contribution in [2.24, 2.45) is 4.99 Å². The number of halogens is 1. The van der Waals surface area contributed by atoms with Crippen molar-refractivity contribution in [3.05, 3.63) is 34.5 Å². The van der Waals surface area contributed by atoms with Gasteiger partial charge < -0.3 is 29.2 Å². The first-order valence-corrected chi connectivity index (χ1v) is 12.6. The van der Waals surface area contributed by atoms with Gasteiger partial charge in [-0.25, -0.2) is 14.8 Å². The average Bonchev–Trinajstić information content (AvgIpc) is 3.35. The van der Waals surface area contributed by atoms with Crippen LogP contribution in [0.4, 0.5) is 22.1 Å². The summed E-state index contributed by atoms with van der Waals surface area (Å²) in [6.07, 6.45) is 1.49. The van der Waals surface area contributed by atoms with E-state index in [1.54, 1.807) is 18.2 Å². The van der Waals surface area contributed by atoms with Crippen LogP contribution in [0, 0.1) is 0 Å². The van der Waals surface area contributed by atoms with E-state index < -0.39 is 5.60 Å². The molecule has 4 aliphatic rings. The Morgan fingerprint density at radius 2 is 1.92 bits per heavy atom. The van der Waals surface area contributed by atoms with Gasteiger partial charge in [-0.3, -0.25) is 0 Å². The number of piperazine rings is 1. The van der Waals surface area contributed by atoms with Crippen LogP contribution in [0.25, 0.3) is 11.4 Å². The SMILES string of the molecule is COc1nc(N2CCN(C(=O)OC(C)(C)C)CC2)ccc1N=c1ncc2cc(Br)c3n(c-2n1)CCN3. The van der Waals surface area contributed by atoms with Crippen LogP contribution in [0.3, 0.4) is 0 Å². The molecule has 12 heteroatoms. The zero-order valence-electron chi connectivity index (χ0n) is 20.8. The molecule has 0 saturated carbocycles. The predicted octanol–water partition coefficient (Wildman–Crippen LogP) is 3.26. The molecular weight excluding hydrogens is 528 g/mol. The number of nitrogens with one attached hydrogen (secondary N) is 1. The second-order valence-corrected chi connectivity index (χ2v) is 10.5. The summed E-state index contributed by atoms with van der Waals surface area (Å²) in [7, 11) is 1.57. The number of rotatable bonds is 3. The van der Waals surface area contributed by atoms with E-state index in [4.69, 9.17) is 14.5 Å². The van der Waals surface area contributed by atoms with Crippen LogP contribution in [0.1, 0.15) is 20.8 Å². The first-order valence-electron chi connectivity index (χ1n) is 11.8. The van der Waals surface area contributed by atoms with Gasteiger partial charge in [-0.1, -0.05) is 0 Å². The minimum Gasteiger partial charge on any atom is -0.479 e. The Hall–Kier alpha value is -3.41. The number of amides is 1. The Morgan fingerprint density at radius 3 is 2.64 bits per heavy atom. The van der Waals surface area contributed by atoms with E-state index in [1.807, 2.05) is 39.0 Å². The lowest BCUT2D eigenvalue weighted by Gasteiger charge is -2.36. The number of carbonyl (C=O) groups excluding carboxylic acids is 1. The lowest BCUT2D eigenvalue weighted by molar-refractivity contribution is 0.0240. The Balaban J connectivity index is 1.36. The molecule has 36 heavy (non-hydrogen) atoms. The second-order valence-electron chi connectivity index (χ2n) is 9.63. The molecule has 1 saturated heterocycles. The van der Waals surface area contributed by atoms with Gasteiger partial charge in [-0.15, -0.1) is 0 Å². The fraction of sp³-hybridized carbons (Fsp3) is 0.458. The smallest absolute Gasteiger partial charge is 0.410 e. The third kappa shape index (κ3) is 4.95. The maximum atomic E-state index is 12.4. The van der Waals surface area contributed by atoms with Gasteiger partial charge in [0, 0.05) is 51.0 Å². The largest absolute Gasteiger partial charge is 0.479 e. The first kappa shape index (κ1) is 24.3. The predicted molar refractivity (Wildman–Crippen MR) is 139 cm³/mol. The Labute approximate surface area is 217 Å². The summed E-state index contributed by atoms with van der Waals surface area (Å²) in [4.78, 5) is 34.6. The molecule has 5 rings (SSSR count). The van der Waals surface area contributed by atoms with Crippen LogP contribution in [-0.4, -0.2) is 75.9 Å². The van der Waals surface area contributed by atoms with E-state index in [2.05, 4.69) is 45.7 Å². The normalized spacial score (nSPS) is 16.2. The van der Waals surface area contributed by atoms with Crippen molar-refractivity contribution < 1.29 is 14.3 Å². The molecule has 0 aliphatic carbocycles. The van der Waals surface area contributed by atoms with Crippen LogP contribution >= 0.6 is 15.9 Å². The third-order valence-electron chi connectivity index (χ3n) is 5.94. The van der Waals surface area contributed by atoms with Gasteiger partial charge in [-0.05, 0) is 54.9 Å². The number of nitrogens with zero attached hydrogens (tertiary/aromatic N) is 7. The number of ether oxygens (including phenoxy) is 2. The number of methoxy groups -OCH3 is 1. The van der Waals surface area contributed by atoms with E-state index in [9.17, 15) is 4.79 Å². The van der Waals surface area contributed by atoms with E-state index >= 15 is 0 Å². The number of hydrogen-bond acceptors (Lipinski definition) is 9. The Kier molecular flexibility index (Phi) is 6.45. The fourth-order valence-electron chi connectivity index (χ4n) is 4.26. The zero-order chi connectivity index (χ0) is 25.4. The van der Waals surface area contributed by atoms with Crippen LogP contribution in [-0.2, 0) is 11.3 Å². The van der Waals surface area contributed by atoms with Crippen molar-refractivity contribution in [2.45, 2.75) is 32.9 Å². The highest BCUT2D eigenvalue weighted by molar-refractivity contribution is 9.10. The van der Waals surface area contributed by atoms with Crippen molar-refractivity contribution in [3.8, 4) is 17.3 Å². The molecule has 190 valence electrons. The lowest BCUT2D eigenvalue weighted by atomic mass is 10.2. The summed E-state index contributed by atoms with van der Waals surface area (Å²) in [5.41, 5.74) is 1.30. The second kappa shape index (κ2) is 9.57. The maximum Gasteiger partial charge on any atom is 0.410 e. The molecule has 0 aromatic carbocycles. The van der Waals surface area contributed by atoms with Crippen molar-refractivity contribution >= 4 is 39.3 Å². The van der Waals surface area contributed by atoms with Crippen LogP contribution in [0.2, 0.25) is 0 Å². The molecule has 1 N–H and O–H groups in total. The molecule has 0 radical (unpaired) electrons. The molecule has 11 nitrogen and oxygen atoms in total. The topological polar surface area (TPSA) is 110 Å². The van der Waals surface area contributed by atoms with Crippen LogP contribution < -0.4 is 20.6 Å². The zero-order valence-corrected chi connectivity index (χ0v) is 22.4. The highest BCUT2D eigenvalue weighted by atomic mass is 79.9. The minimum atomic E-state index is -0.510. The average molecular weight is 557 g/mol. The van der Waals surface area contributed by atoms with Crippen molar-refractivity contribution in [3.63, 3.8) is 0 Å². The first-order chi connectivity index (χ1) is 17.2. The summed E-state index contributed by atoms with van der Waals surface area (Å²) in [6, 6.07) is 5.76. The minimum absolute atomic E-state index is 0.288. The summed E-state index contributed by atoms with van der Waals surface area (Å²) >= 11 is 3.60. The number of anilines is 2. The standard InChI is InChI=1S/C24H29BrN8O3/c1-24(2,3)36-23(34)32-11-9-31(10-12-32)18-6-5-17(21(29-18)35-4)28-22-27-14-15-13-16(25)20-26-7-8-33(20)19(15)30-22/h5-6,13-14,26H,7-12H2,1-4H3. The van der Waals surface area contributed by atoms with Gasteiger partial charge in [0.05, 0.1) is 11.6 Å². The number of hydrogen-bond donors (Lipinski definition) is 1. The van der Waals surface area contributed by atoms with Gasteiger partial charge in [0.25, 0.3) is 5.62 Å². The maximum absolute atomic E-state index is 12.4. The summed E-state index contributed by atoms with van der Waals surface area (Å²) < 4.78 is 14.1. The molecule has 1 aromatic rings. The van der Waals surface area contributed by atoms with Crippen molar-refractivity contribution in [1.82, 2.24) is 24.4 Å². The molecule has 0 unspecified atom stereocenters. The van der Waals surface area contributed by atoms with E-state index in [1.165, 1.54) is 0 Å². The molecule has 1 amide bonds. The highest BCUT2D eigenvalue weighted by Gasteiger charge is 2.27. The lowest BCUT2D eigenvalue weighted by Crippen LogP contribution is -2.50. The number of pyridine rings is 2. The third-order valence-corrected chi connectivity index (χ3v) is 6.54. The summed E-state index contributed by atoms with van der Waals surface area (Å²) in [5, 5.41) is 3.37. The van der Waals surface area contributed by atoms with Crippen molar-refractivity contribution in [2.75, 3.05) is 50.1 Å². The Bertz CT molecular complexity index is 1330. The molecule has 0 spiro atoms. The molecule has 0 bridgehead atoms. The fourth-order valence-corrected chi connectivity index (χ4v) is 4.86. The summed E-state index contributed by atoms with van der Waals surface area (Å²) in [6.45, 7) is 9.68. The molecule has 1 fully saturated rings. The quantitative estimate of drug-likeness (QED) is 0.523. The van der Waals surface area contributed by atoms with E-state index in [-0.39, 0.29) is 6.09 Å². The number of fused-ring (bicyclic) bond motifs is 3. The van der Waals surface area contributed by atoms with Crippen LogP contribution in [0.15, 0.2) is 33.9 Å². The molecular formula is C24H29BrN8O3. The van der Waals surface area contributed by atoms with Gasteiger partial charge in [-0.2, -0.15) is 9.97 Å².